The van der Waals surface area contributed by atoms with Gasteiger partial charge in [-0.2, -0.15) is 13.2 Å². The van der Waals surface area contributed by atoms with E-state index >= 15 is 0 Å². The van der Waals surface area contributed by atoms with Crippen molar-refractivity contribution in [2.45, 2.75) is 19.1 Å². The normalized spacial score (nSPS) is 12.3. The first-order chi connectivity index (χ1) is 10.6. The lowest BCUT2D eigenvalue weighted by molar-refractivity contribution is -0.274. The minimum Gasteiger partial charge on any atom is -0.405 e. The molecule has 2 rings (SSSR count). The predicted molar refractivity (Wildman–Crippen MR) is 71.5 cm³/mol. The number of hydrogen-bond donors (Lipinski definition) is 1. The molecule has 0 atom stereocenters. The van der Waals surface area contributed by atoms with E-state index in [4.69, 9.17) is 5.73 Å². The molecule has 0 radical (unpaired) electrons. The summed E-state index contributed by atoms with van der Waals surface area (Å²) in [6, 6.07) is 7.97. The van der Waals surface area contributed by atoms with Gasteiger partial charge in [0, 0.05) is 12.1 Å². The van der Waals surface area contributed by atoms with Crippen LogP contribution in [0.25, 0.3) is 11.1 Å². The molecule has 2 N–H and O–H groups in total. The SMILES string of the molecule is NCc1ccc(-c2ccc(C(F)(F)F)cc2)cc1OC(F)(F)F. The molecule has 124 valence electrons. The van der Waals surface area contributed by atoms with Gasteiger partial charge in [0.2, 0.25) is 0 Å². The van der Waals surface area contributed by atoms with Crippen LogP contribution in [-0.4, -0.2) is 6.36 Å². The highest BCUT2D eigenvalue weighted by Crippen LogP contribution is 2.34. The minimum absolute atomic E-state index is 0.137. The summed E-state index contributed by atoms with van der Waals surface area (Å²) in [5.41, 5.74) is 5.26. The zero-order valence-electron chi connectivity index (χ0n) is 11.5. The molecule has 0 aliphatic carbocycles. The number of alkyl halides is 6. The smallest absolute Gasteiger partial charge is 0.405 e. The van der Waals surface area contributed by atoms with Crippen LogP contribution in [-0.2, 0) is 12.7 Å². The van der Waals surface area contributed by atoms with Gasteiger partial charge in [-0.15, -0.1) is 13.2 Å². The van der Waals surface area contributed by atoms with Crippen LogP contribution in [0.1, 0.15) is 11.1 Å². The maximum atomic E-state index is 12.5. The molecule has 0 aromatic heterocycles. The molecule has 23 heavy (non-hydrogen) atoms. The van der Waals surface area contributed by atoms with Gasteiger partial charge >= 0.3 is 12.5 Å². The maximum absolute atomic E-state index is 12.5. The molecule has 0 fully saturated rings. The Morgan fingerprint density at radius 1 is 0.826 bits per heavy atom. The molecule has 8 heteroatoms. The van der Waals surface area contributed by atoms with Crippen LogP contribution < -0.4 is 10.5 Å². The van der Waals surface area contributed by atoms with Crippen molar-refractivity contribution in [1.29, 1.82) is 0 Å². The van der Waals surface area contributed by atoms with E-state index in [1.54, 1.807) is 0 Å². The van der Waals surface area contributed by atoms with Gasteiger partial charge in [-0.1, -0.05) is 24.3 Å². The van der Waals surface area contributed by atoms with Crippen molar-refractivity contribution in [2.24, 2.45) is 5.73 Å². The average molecular weight is 335 g/mol. The number of benzene rings is 2. The van der Waals surface area contributed by atoms with Crippen LogP contribution in [0.5, 0.6) is 5.75 Å². The molecule has 0 bridgehead atoms. The molecule has 0 spiro atoms. The first-order valence-electron chi connectivity index (χ1n) is 6.36. The van der Waals surface area contributed by atoms with Crippen molar-refractivity contribution in [1.82, 2.24) is 0 Å². The standard InChI is InChI=1S/C15H11F6NO/c16-14(17,18)12-5-3-9(4-6-12)10-1-2-11(8-22)13(7-10)23-15(19,20)21/h1-7H,8,22H2. The Bertz CT molecular complexity index is 676. The quantitative estimate of drug-likeness (QED) is 0.823. The van der Waals surface area contributed by atoms with Crippen LogP contribution in [0.2, 0.25) is 0 Å². The number of nitrogens with two attached hydrogens (primary N) is 1. The highest BCUT2D eigenvalue weighted by atomic mass is 19.4. The molecule has 0 saturated heterocycles. The van der Waals surface area contributed by atoms with Gasteiger partial charge in [0.25, 0.3) is 0 Å². The number of ether oxygens (including phenoxy) is 1. The maximum Gasteiger partial charge on any atom is 0.573 e. The van der Waals surface area contributed by atoms with Gasteiger partial charge in [-0.25, -0.2) is 0 Å². The summed E-state index contributed by atoms with van der Waals surface area (Å²) in [7, 11) is 0. The Kier molecular flexibility index (Phi) is 4.56. The fourth-order valence-corrected chi connectivity index (χ4v) is 1.97. The summed E-state index contributed by atoms with van der Waals surface area (Å²) in [5, 5.41) is 0. The molecular weight excluding hydrogens is 324 g/mol. The molecule has 0 amide bonds. The summed E-state index contributed by atoms with van der Waals surface area (Å²) < 4.78 is 78.6. The number of rotatable bonds is 3. The third kappa shape index (κ3) is 4.38. The van der Waals surface area contributed by atoms with Crippen LogP contribution >= 0.6 is 0 Å². The third-order valence-corrected chi connectivity index (χ3v) is 3.06. The van der Waals surface area contributed by atoms with E-state index in [1.165, 1.54) is 24.3 Å². The van der Waals surface area contributed by atoms with E-state index in [2.05, 4.69) is 4.74 Å². The summed E-state index contributed by atoms with van der Waals surface area (Å²) in [6.07, 6.45) is -9.37. The second kappa shape index (κ2) is 6.11. The molecule has 0 saturated carbocycles. The zero-order chi connectivity index (χ0) is 17.3. The Morgan fingerprint density at radius 2 is 1.39 bits per heavy atom. The molecule has 0 aliphatic rings. The zero-order valence-corrected chi connectivity index (χ0v) is 11.5. The van der Waals surface area contributed by atoms with Gasteiger partial charge in [-0.3, -0.25) is 0 Å². The third-order valence-electron chi connectivity index (χ3n) is 3.06. The average Bonchev–Trinajstić information content (AvgIpc) is 2.45. The topological polar surface area (TPSA) is 35.2 Å². The summed E-state index contributed by atoms with van der Waals surface area (Å²) in [4.78, 5) is 0. The van der Waals surface area contributed by atoms with Gasteiger partial charge in [0.05, 0.1) is 5.56 Å². The van der Waals surface area contributed by atoms with E-state index in [-0.39, 0.29) is 17.7 Å². The molecule has 0 unspecified atom stereocenters. The van der Waals surface area contributed by atoms with E-state index in [9.17, 15) is 26.3 Å². The van der Waals surface area contributed by atoms with Crippen LogP contribution in [0.4, 0.5) is 26.3 Å². The van der Waals surface area contributed by atoms with Crippen LogP contribution in [0.3, 0.4) is 0 Å². The number of halogens is 6. The van der Waals surface area contributed by atoms with Crippen molar-refractivity contribution in [3.8, 4) is 16.9 Å². The van der Waals surface area contributed by atoms with E-state index in [1.807, 2.05) is 0 Å². The highest BCUT2D eigenvalue weighted by Gasteiger charge is 2.32. The van der Waals surface area contributed by atoms with E-state index < -0.39 is 23.9 Å². The first-order valence-corrected chi connectivity index (χ1v) is 6.36. The lowest BCUT2D eigenvalue weighted by atomic mass is 10.0. The van der Waals surface area contributed by atoms with Gasteiger partial charge in [0.15, 0.2) is 0 Å². The Labute approximate surface area is 127 Å². The van der Waals surface area contributed by atoms with Crippen molar-refractivity contribution in [3.63, 3.8) is 0 Å². The van der Waals surface area contributed by atoms with Gasteiger partial charge in [-0.05, 0) is 29.3 Å². The summed E-state index contributed by atoms with van der Waals surface area (Å²) in [5.74, 6) is -0.475. The summed E-state index contributed by atoms with van der Waals surface area (Å²) >= 11 is 0. The second-order valence-electron chi connectivity index (χ2n) is 4.65. The van der Waals surface area contributed by atoms with Crippen molar-refractivity contribution in [2.75, 3.05) is 0 Å². The van der Waals surface area contributed by atoms with Gasteiger partial charge in [0.1, 0.15) is 5.75 Å². The first kappa shape index (κ1) is 17.1. The van der Waals surface area contributed by atoms with Crippen molar-refractivity contribution in [3.05, 3.63) is 53.6 Å². The highest BCUT2D eigenvalue weighted by molar-refractivity contribution is 5.66. The lowest BCUT2D eigenvalue weighted by Gasteiger charge is -2.14. The van der Waals surface area contributed by atoms with Crippen LogP contribution in [0, 0.1) is 0 Å². The Hall–Kier alpha value is -2.22. The minimum atomic E-state index is -4.89. The molecule has 0 aliphatic heterocycles. The molecule has 2 nitrogen and oxygen atoms in total. The monoisotopic (exact) mass is 335 g/mol. The fourth-order valence-electron chi connectivity index (χ4n) is 1.97. The van der Waals surface area contributed by atoms with Crippen LogP contribution in [0.15, 0.2) is 42.5 Å². The van der Waals surface area contributed by atoms with Gasteiger partial charge < -0.3 is 10.5 Å². The van der Waals surface area contributed by atoms with Crippen molar-refractivity contribution < 1.29 is 31.1 Å². The molecule has 2 aromatic rings. The summed E-state index contributed by atoms with van der Waals surface area (Å²) in [6.45, 7) is -0.168. The largest absolute Gasteiger partial charge is 0.573 e. The van der Waals surface area contributed by atoms with E-state index in [0.29, 0.717) is 5.56 Å². The molecule has 2 aromatic carbocycles. The number of hydrogen-bond acceptors (Lipinski definition) is 2. The lowest BCUT2D eigenvalue weighted by Crippen LogP contribution is -2.18. The Morgan fingerprint density at radius 3 is 1.87 bits per heavy atom. The van der Waals surface area contributed by atoms with E-state index in [0.717, 1.165) is 18.2 Å². The fraction of sp³-hybridized carbons (Fsp3) is 0.200. The van der Waals surface area contributed by atoms with Crippen molar-refractivity contribution >= 4 is 0 Å². The molecular formula is C15H11F6NO. The predicted octanol–water partition coefficient (Wildman–Crippen LogP) is 4.73. The second-order valence-corrected chi connectivity index (χ2v) is 4.65. The molecule has 0 heterocycles. The Balaban J connectivity index is 2.38.